The van der Waals surface area contributed by atoms with E-state index in [4.69, 9.17) is 9.84 Å². The molecular weight excluding hydrogens is 540 g/mol. The predicted octanol–water partition coefficient (Wildman–Crippen LogP) is 15.5. The summed E-state index contributed by atoms with van der Waals surface area (Å²) in [7, 11) is 0. The van der Waals surface area contributed by atoms with Crippen molar-refractivity contribution >= 4 is 6.16 Å². The molecule has 0 rings (SSSR count). The molecule has 3 heteroatoms. The Hall–Kier alpha value is -0.730. The summed E-state index contributed by atoms with van der Waals surface area (Å²) in [6, 6.07) is 0. The second-order valence-corrected chi connectivity index (χ2v) is 14.3. The van der Waals surface area contributed by atoms with Gasteiger partial charge in [0, 0.05) is 0 Å². The molecule has 0 radical (unpaired) electrons. The van der Waals surface area contributed by atoms with Gasteiger partial charge in [-0.1, -0.05) is 226 Å². The average Bonchev–Trinajstić information content (AvgIpc) is 3.01. The molecule has 0 aliphatic carbocycles. The van der Waals surface area contributed by atoms with Crippen LogP contribution in [0, 0.1) is 0 Å². The van der Waals surface area contributed by atoms with Crippen LogP contribution < -0.4 is 0 Å². The molecule has 0 heterocycles. The minimum absolute atomic E-state index is 0.0926. The van der Waals surface area contributed by atoms with Crippen molar-refractivity contribution < 1.29 is 14.6 Å². The van der Waals surface area contributed by atoms with Crippen LogP contribution in [0.1, 0.15) is 251 Å². The molecule has 0 bridgehead atoms. The van der Waals surface area contributed by atoms with Crippen molar-refractivity contribution in [2.75, 3.05) is 0 Å². The molecule has 0 aromatic heterocycles. The van der Waals surface area contributed by atoms with E-state index in [9.17, 15) is 4.79 Å². The standard InChI is InChI=1S/C41H82O3/c1-3-5-7-9-11-13-15-17-19-20-21-22-23-25-27-29-31-33-35-37-39-40(44-41(42)43)38-36-34-32-30-28-26-24-18-16-14-12-10-8-6-4-2/h40H,3-39H2,1-2H3,(H,42,43). The molecule has 264 valence electrons. The van der Waals surface area contributed by atoms with Crippen molar-refractivity contribution in [3.05, 3.63) is 0 Å². The molecule has 0 aliphatic heterocycles. The maximum absolute atomic E-state index is 11.2. The topological polar surface area (TPSA) is 46.5 Å². The van der Waals surface area contributed by atoms with E-state index < -0.39 is 6.16 Å². The van der Waals surface area contributed by atoms with Gasteiger partial charge in [-0.05, 0) is 25.7 Å². The summed E-state index contributed by atoms with van der Waals surface area (Å²) in [6.45, 7) is 4.58. The van der Waals surface area contributed by atoms with E-state index in [-0.39, 0.29) is 6.10 Å². The van der Waals surface area contributed by atoms with Gasteiger partial charge in [0.05, 0.1) is 0 Å². The number of rotatable bonds is 38. The van der Waals surface area contributed by atoms with Crippen molar-refractivity contribution in [3.8, 4) is 0 Å². The van der Waals surface area contributed by atoms with Crippen molar-refractivity contribution in [2.45, 2.75) is 258 Å². The van der Waals surface area contributed by atoms with E-state index in [1.807, 2.05) is 0 Å². The summed E-state index contributed by atoms with van der Waals surface area (Å²) in [5.74, 6) is 0. The smallest absolute Gasteiger partial charge is 0.450 e. The quantitative estimate of drug-likeness (QED) is 0.0550. The maximum atomic E-state index is 11.2. The summed E-state index contributed by atoms with van der Waals surface area (Å²) >= 11 is 0. The second kappa shape index (κ2) is 38.5. The average molecular weight is 623 g/mol. The number of hydrogen-bond donors (Lipinski definition) is 1. The van der Waals surface area contributed by atoms with Gasteiger partial charge in [-0.3, -0.25) is 0 Å². The van der Waals surface area contributed by atoms with Gasteiger partial charge in [0.1, 0.15) is 6.10 Å². The lowest BCUT2D eigenvalue weighted by Crippen LogP contribution is -2.16. The summed E-state index contributed by atoms with van der Waals surface area (Å²) in [5.41, 5.74) is 0. The molecule has 0 aliphatic rings. The molecule has 1 N–H and O–H groups in total. The lowest BCUT2D eigenvalue weighted by atomic mass is 10.0. The van der Waals surface area contributed by atoms with Crippen LogP contribution in [0.2, 0.25) is 0 Å². The zero-order chi connectivity index (χ0) is 32.0. The third-order valence-corrected chi connectivity index (χ3v) is 9.78. The van der Waals surface area contributed by atoms with Crippen LogP contribution in [0.4, 0.5) is 4.79 Å². The Morgan fingerprint density at radius 3 is 0.727 bits per heavy atom. The number of hydrogen-bond acceptors (Lipinski definition) is 2. The largest absolute Gasteiger partial charge is 0.506 e. The Labute approximate surface area is 277 Å². The fraction of sp³-hybridized carbons (Fsp3) is 0.976. The summed E-state index contributed by atoms with van der Waals surface area (Å²) in [5, 5.41) is 9.15. The first-order valence-electron chi connectivity index (χ1n) is 20.6. The van der Waals surface area contributed by atoms with Crippen LogP contribution in [0.15, 0.2) is 0 Å². The molecular formula is C41H82O3. The first-order chi connectivity index (χ1) is 21.7. The Morgan fingerprint density at radius 2 is 0.545 bits per heavy atom. The van der Waals surface area contributed by atoms with Gasteiger partial charge in [-0.2, -0.15) is 0 Å². The zero-order valence-electron chi connectivity index (χ0n) is 30.5. The molecule has 0 fully saturated rings. The van der Waals surface area contributed by atoms with Crippen LogP contribution in [-0.2, 0) is 4.74 Å². The van der Waals surface area contributed by atoms with E-state index in [1.165, 1.54) is 212 Å². The third-order valence-electron chi connectivity index (χ3n) is 9.78. The van der Waals surface area contributed by atoms with Crippen molar-refractivity contribution in [1.82, 2.24) is 0 Å². The van der Waals surface area contributed by atoms with Gasteiger partial charge < -0.3 is 9.84 Å². The highest BCUT2D eigenvalue weighted by Crippen LogP contribution is 2.19. The zero-order valence-corrected chi connectivity index (χ0v) is 30.5. The maximum Gasteiger partial charge on any atom is 0.506 e. The number of unbranched alkanes of at least 4 members (excludes halogenated alkanes) is 33. The number of carbonyl (C=O) groups is 1. The van der Waals surface area contributed by atoms with Gasteiger partial charge in [0.25, 0.3) is 0 Å². The third kappa shape index (κ3) is 37.5. The molecule has 0 aromatic rings. The highest BCUT2D eigenvalue weighted by atomic mass is 16.7. The van der Waals surface area contributed by atoms with Crippen LogP contribution in [-0.4, -0.2) is 17.4 Å². The first-order valence-corrected chi connectivity index (χ1v) is 20.6. The predicted molar refractivity (Wildman–Crippen MR) is 195 cm³/mol. The van der Waals surface area contributed by atoms with E-state index in [1.54, 1.807) is 0 Å². The van der Waals surface area contributed by atoms with Gasteiger partial charge in [-0.15, -0.1) is 0 Å². The molecule has 0 aromatic carbocycles. The molecule has 0 saturated carbocycles. The highest BCUT2D eigenvalue weighted by Gasteiger charge is 2.13. The summed E-state index contributed by atoms with van der Waals surface area (Å²) < 4.78 is 5.23. The van der Waals surface area contributed by atoms with E-state index in [0.29, 0.717) is 0 Å². The molecule has 3 nitrogen and oxygen atoms in total. The molecule has 0 amide bonds. The summed E-state index contributed by atoms with van der Waals surface area (Å²) in [4.78, 5) is 11.2. The minimum atomic E-state index is -1.09. The Kier molecular flexibility index (Phi) is 37.8. The van der Waals surface area contributed by atoms with Crippen molar-refractivity contribution in [3.63, 3.8) is 0 Å². The minimum Gasteiger partial charge on any atom is -0.450 e. The summed E-state index contributed by atoms with van der Waals surface area (Å²) in [6.07, 6.45) is 48.9. The van der Waals surface area contributed by atoms with Crippen LogP contribution in [0.25, 0.3) is 0 Å². The number of ether oxygens (including phenoxy) is 1. The fourth-order valence-electron chi connectivity index (χ4n) is 6.78. The van der Waals surface area contributed by atoms with E-state index in [2.05, 4.69) is 13.8 Å². The van der Waals surface area contributed by atoms with E-state index >= 15 is 0 Å². The SMILES string of the molecule is CCCCCCCCCCCCCCCCCCCCCCC(CCCCCCCCCCCCCCCCC)OC(=O)O. The van der Waals surface area contributed by atoms with Gasteiger partial charge in [0.15, 0.2) is 0 Å². The van der Waals surface area contributed by atoms with Crippen LogP contribution >= 0.6 is 0 Å². The second-order valence-electron chi connectivity index (χ2n) is 14.3. The van der Waals surface area contributed by atoms with Gasteiger partial charge in [0.2, 0.25) is 0 Å². The fourth-order valence-corrected chi connectivity index (χ4v) is 6.78. The van der Waals surface area contributed by atoms with Gasteiger partial charge >= 0.3 is 6.16 Å². The molecule has 1 atom stereocenters. The van der Waals surface area contributed by atoms with Crippen LogP contribution in [0.5, 0.6) is 0 Å². The van der Waals surface area contributed by atoms with Crippen molar-refractivity contribution in [1.29, 1.82) is 0 Å². The van der Waals surface area contributed by atoms with Crippen LogP contribution in [0.3, 0.4) is 0 Å². The van der Waals surface area contributed by atoms with E-state index in [0.717, 1.165) is 25.7 Å². The van der Waals surface area contributed by atoms with Gasteiger partial charge in [-0.25, -0.2) is 4.79 Å². The molecule has 44 heavy (non-hydrogen) atoms. The Balaban J connectivity index is 3.43. The molecule has 0 spiro atoms. The number of carboxylic acid groups (broad SMARTS) is 1. The molecule has 1 unspecified atom stereocenters. The molecule has 0 saturated heterocycles. The first kappa shape index (κ1) is 43.3. The normalized spacial score (nSPS) is 12.1. The monoisotopic (exact) mass is 623 g/mol. The van der Waals surface area contributed by atoms with Crippen molar-refractivity contribution in [2.24, 2.45) is 0 Å². The Morgan fingerprint density at radius 1 is 0.364 bits per heavy atom. The lowest BCUT2D eigenvalue weighted by molar-refractivity contribution is 0.0422. The Bertz CT molecular complexity index is 534. The lowest BCUT2D eigenvalue weighted by Gasteiger charge is -2.16. The highest BCUT2D eigenvalue weighted by molar-refractivity contribution is 5.57.